The molecule has 1 fully saturated rings. The van der Waals surface area contributed by atoms with Crippen molar-refractivity contribution in [1.82, 2.24) is 10.2 Å². The normalized spacial score (nSPS) is 14.9. The third-order valence-electron chi connectivity index (χ3n) is 5.56. The van der Waals surface area contributed by atoms with Crippen molar-refractivity contribution >= 4 is 21.7 Å². The molecular weight excluding hydrogens is 412 g/mol. The van der Waals surface area contributed by atoms with Crippen LogP contribution in [0.2, 0.25) is 0 Å². The smallest absolute Gasteiger partial charge is 0.255 e. The van der Waals surface area contributed by atoms with Gasteiger partial charge in [-0.3, -0.25) is 9.59 Å². The van der Waals surface area contributed by atoms with Gasteiger partial charge in [-0.1, -0.05) is 49.4 Å². The Morgan fingerprint density at radius 1 is 1.00 bits per heavy atom. The van der Waals surface area contributed by atoms with Crippen molar-refractivity contribution in [3.05, 3.63) is 65.7 Å². The Morgan fingerprint density at radius 3 is 2.32 bits per heavy atom. The van der Waals surface area contributed by atoms with Crippen LogP contribution in [0.25, 0.3) is 0 Å². The van der Waals surface area contributed by atoms with E-state index in [1.807, 2.05) is 30.3 Å². The molecular formula is C24H30N2O4S. The average Bonchev–Trinajstić information content (AvgIpc) is 2.78. The van der Waals surface area contributed by atoms with E-state index in [9.17, 15) is 18.0 Å². The van der Waals surface area contributed by atoms with E-state index in [2.05, 4.69) is 5.32 Å². The van der Waals surface area contributed by atoms with E-state index in [4.69, 9.17) is 0 Å². The van der Waals surface area contributed by atoms with Crippen LogP contribution in [-0.2, 0) is 21.1 Å². The second kappa shape index (κ2) is 10.6. The minimum atomic E-state index is -3.49. The number of piperidine rings is 1. The fourth-order valence-corrected chi connectivity index (χ4v) is 5.43. The zero-order chi connectivity index (χ0) is 22.3. The van der Waals surface area contributed by atoms with E-state index in [0.717, 1.165) is 5.56 Å². The van der Waals surface area contributed by atoms with Crippen molar-refractivity contribution < 1.29 is 18.0 Å². The molecule has 1 heterocycles. The SMILES string of the molecule is CCCS(=O)(=O)c1ccccc1C(=O)N1CCC(NC(=O)CCc2ccccc2)CC1. The van der Waals surface area contributed by atoms with Gasteiger partial charge in [0.15, 0.2) is 9.84 Å². The Labute approximate surface area is 184 Å². The van der Waals surface area contributed by atoms with E-state index < -0.39 is 9.84 Å². The number of aryl methyl sites for hydroxylation is 1. The highest BCUT2D eigenvalue weighted by Gasteiger charge is 2.28. The summed E-state index contributed by atoms with van der Waals surface area (Å²) in [5, 5.41) is 3.07. The van der Waals surface area contributed by atoms with E-state index in [1.165, 1.54) is 6.07 Å². The van der Waals surface area contributed by atoms with Crippen LogP contribution in [0, 0.1) is 0 Å². The summed E-state index contributed by atoms with van der Waals surface area (Å²) in [5.41, 5.74) is 1.37. The number of carbonyl (C=O) groups is 2. The van der Waals surface area contributed by atoms with Crippen molar-refractivity contribution in [1.29, 1.82) is 0 Å². The largest absolute Gasteiger partial charge is 0.353 e. The van der Waals surface area contributed by atoms with Gasteiger partial charge >= 0.3 is 0 Å². The highest BCUT2D eigenvalue weighted by Crippen LogP contribution is 2.22. The number of nitrogens with zero attached hydrogens (tertiary/aromatic N) is 1. The molecule has 1 N–H and O–H groups in total. The van der Waals surface area contributed by atoms with Crippen LogP contribution in [-0.4, -0.2) is 50.0 Å². The fraction of sp³-hybridized carbons (Fsp3) is 0.417. The molecule has 3 rings (SSSR count). The van der Waals surface area contributed by atoms with Gasteiger partial charge in [0, 0.05) is 25.6 Å². The molecule has 31 heavy (non-hydrogen) atoms. The van der Waals surface area contributed by atoms with Crippen molar-refractivity contribution in [3.63, 3.8) is 0 Å². The molecule has 166 valence electrons. The standard InChI is InChI=1S/C24H30N2O4S/c1-2-18-31(29,30)22-11-7-6-10-21(22)24(28)26-16-14-20(15-17-26)25-23(27)13-12-19-8-4-3-5-9-19/h3-11,20H,2,12-18H2,1H3,(H,25,27). The van der Waals surface area contributed by atoms with E-state index in [1.54, 1.807) is 30.0 Å². The highest BCUT2D eigenvalue weighted by atomic mass is 32.2. The zero-order valence-electron chi connectivity index (χ0n) is 17.9. The number of amides is 2. The summed E-state index contributed by atoms with van der Waals surface area (Å²) in [7, 11) is -3.49. The van der Waals surface area contributed by atoms with Crippen LogP contribution in [0.1, 0.15) is 48.5 Å². The predicted molar refractivity (Wildman–Crippen MR) is 121 cm³/mol. The number of likely N-dealkylation sites (tertiary alicyclic amines) is 1. The number of nitrogens with one attached hydrogen (secondary N) is 1. The quantitative estimate of drug-likeness (QED) is 0.680. The fourth-order valence-electron chi connectivity index (χ4n) is 3.89. The Kier molecular flexibility index (Phi) is 7.85. The first-order chi connectivity index (χ1) is 14.9. The molecule has 0 atom stereocenters. The maximum absolute atomic E-state index is 13.0. The Morgan fingerprint density at radius 2 is 1.65 bits per heavy atom. The van der Waals surface area contributed by atoms with Gasteiger partial charge in [0.05, 0.1) is 16.2 Å². The lowest BCUT2D eigenvalue weighted by Crippen LogP contribution is -2.46. The lowest BCUT2D eigenvalue weighted by Gasteiger charge is -2.32. The van der Waals surface area contributed by atoms with Crippen LogP contribution in [0.15, 0.2) is 59.5 Å². The second-order valence-corrected chi connectivity index (χ2v) is 10.0. The number of carbonyl (C=O) groups excluding carboxylic acids is 2. The number of hydrogen-bond acceptors (Lipinski definition) is 4. The van der Waals surface area contributed by atoms with Gasteiger partial charge in [0.2, 0.25) is 5.91 Å². The number of rotatable bonds is 8. The molecule has 1 saturated heterocycles. The lowest BCUT2D eigenvalue weighted by atomic mass is 10.0. The molecule has 1 aliphatic rings. The molecule has 6 nitrogen and oxygen atoms in total. The molecule has 0 radical (unpaired) electrons. The Hall–Kier alpha value is -2.67. The van der Waals surface area contributed by atoms with Gasteiger partial charge in [-0.15, -0.1) is 0 Å². The van der Waals surface area contributed by atoms with Crippen LogP contribution in [0.5, 0.6) is 0 Å². The molecule has 0 aromatic heterocycles. The topological polar surface area (TPSA) is 83.6 Å². The molecule has 2 amide bonds. The summed E-state index contributed by atoms with van der Waals surface area (Å²) in [6.45, 7) is 2.79. The number of hydrogen-bond donors (Lipinski definition) is 1. The molecule has 2 aromatic carbocycles. The van der Waals surface area contributed by atoms with Crippen LogP contribution in [0.3, 0.4) is 0 Å². The summed E-state index contributed by atoms with van der Waals surface area (Å²) in [6, 6.07) is 16.4. The predicted octanol–water partition coefficient (Wildman–Crippen LogP) is 3.22. The summed E-state index contributed by atoms with van der Waals surface area (Å²) in [4.78, 5) is 27.1. The lowest BCUT2D eigenvalue weighted by molar-refractivity contribution is -0.122. The van der Waals surface area contributed by atoms with Crippen molar-refractivity contribution in [2.75, 3.05) is 18.8 Å². The van der Waals surface area contributed by atoms with Gasteiger partial charge in [-0.25, -0.2) is 8.42 Å². The minimum absolute atomic E-state index is 0.0182. The monoisotopic (exact) mass is 442 g/mol. The molecule has 0 saturated carbocycles. The maximum Gasteiger partial charge on any atom is 0.255 e. The third-order valence-corrected chi connectivity index (χ3v) is 7.53. The summed E-state index contributed by atoms with van der Waals surface area (Å²) >= 11 is 0. The average molecular weight is 443 g/mol. The minimum Gasteiger partial charge on any atom is -0.353 e. The first-order valence-electron chi connectivity index (χ1n) is 10.8. The summed E-state index contributed by atoms with van der Waals surface area (Å²) < 4.78 is 25.1. The van der Waals surface area contributed by atoms with Crippen LogP contribution >= 0.6 is 0 Å². The molecule has 0 spiro atoms. The first-order valence-corrected chi connectivity index (χ1v) is 12.5. The van der Waals surface area contributed by atoms with Gasteiger partial charge in [0.25, 0.3) is 5.91 Å². The molecule has 1 aliphatic heterocycles. The Bertz CT molecular complexity index is 997. The molecule has 0 aliphatic carbocycles. The Balaban J connectivity index is 1.54. The van der Waals surface area contributed by atoms with Crippen LogP contribution in [0.4, 0.5) is 0 Å². The van der Waals surface area contributed by atoms with E-state index >= 15 is 0 Å². The van der Waals surface area contributed by atoms with Crippen molar-refractivity contribution in [2.24, 2.45) is 0 Å². The van der Waals surface area contributed by atoms with Crippen molar-refractivity contribution in [3.8, 4) is 0 Å². The van der Waals surface area contributed by atoms with Crippen molar-refractivity contribution in [2.45, 2.75) is 50.0 Å². The number of benzene rings is 2. The van der Waals surface area contributed by atoms with Gasteiger partial charge in [-0.05, 0) is 43.4 Å². The molecule has 0 unspecified atom stereocenters. The number of sulfone groups is 1. The van der Waals surface area contributed by atoms with Crippen LogP contribution < -0.4 is 5.32 Å². The zero-order valence-corrected chi connectivity index (χ0v) is 18.7. The van der Waals surface area contributed by atoms with E-state index in [-0.39, 0.29) is 34.1 Å². The third kappa shape index (κ3) is 6.17. The van der Waals surface area contributed by atoms with Gasteiger partial charge < -0.3 is 10.2 Å². The second-order valence-electron chi connectivity index (χ2n) is 7.93. The molecule has 7 heteroatoms. The maximum atomic E-state index is 13.0. The van der Waals surface area contributed by atoms with Gasteiger partial charge in [-0.2, -0.15) is 0 Å². The highest BCUT2D eigenvalue weighted by molar-refractivity contribution is 7.91. The molecule has 0 bridgehead atoms. The molecule has 2 aromatic rings. The van der Waals surface area contributed by atoms with Gasteiger partial charge in [0.1, 0.15) is 0 Å². The summed E-state index contributed by atoms with van der Waals surface area (Å²) in [6.07, 6.45) is 2.96. The van der Waals surface area contributed by atoms with E-state index in [0.29, 0.717) is 45.2 Å². The summed E-state index contributed by atoms with van der Waals surface area (Å²) in [5.74, 6) is -0.220. The first kappa shape index (κ1) is 23.0.